The highest BCUT2D eigenvalue weighted by Crippen LogP contribution is 2.44. The van der Waals surface area contributed by atoms with Gasteiger partial charge in [-0.05, 0) is 36.9 Å². The minimum absolute atomic E-state index is 0.0433. The van der Waals surface area contributed by atoms with E-state index in [0.717, 1.165) is 18.7 Å². The number of aromatic nitrogens is 5. The normalized spacial score (nSPS) is 47.9. The second-order valence-electron chi connectivity index (χ2n) is 7.54. The van der Waals surface area contributed by atoms with Gasteiger partial charge in [-0.3, -0.25) is 0 Å². The molecule has 0 saturated heterocycles. The molecule has 5 rings (SSSR count). The Morgan fingerprint density at radius 1 is 1.36 bits per heavy atom. The Morgan fingerprint density at radius 3 is 2.97 bits per heavy atom. The van der Waals surface area contributed by atoms with Crippen molar-refractivity contribution < 1.29 is 46.4 Å². The summed E-state index contributed by atoms with van der Waals surface area (Å²) in [4.78, 5) is 8.37. The zero-order valence-corrected chi connectivity index (χ0v) is 19.6. The summed E-state index contributed by atoms with van der Waals surface area (Å²) in [5.41, 5.74) is -2.36. The van der Waals surface area contributed by atoms with Crippen molar-refractivity contribution in [2.24, 2.45) is 0 Å². The van der Waals surface area contributed by atoms with Crippen molar-refractivity contribution in [3.05, 3.63) is 35.1 Å². The SMILES string of the molecule is [2H]c1c([2H])c([C@@H]2C([2H])([2H])[C@@]2([2H])Nc2nc(SCCC)nc3c2nnn3[C@]2([2H])C([2H])([2H])[C@]([2H])(OC([2H])([2H])C([2H])([2H])O)[C@@]([2H])(O)[C@@]2([2H])O)c([2H])c(F)c1C. The lowest BCUT2D eigenvalue weighted by Crippen LogP contribution is -2.33. The van der Waals surface area contributed by atoms with Crippen molar-refractivity contribution in [3.8, 4) is 0 Å². The third-order valence-electron chi connectivity index (χ3n) is 5.03. The molecule has 1 aromatic carbocycles. The molecule has 10 nitrogen and oxygen atoms in total. The Balaban J connectivity index is 1.72. The van der Waals surface area contributed by atoms with Gasteiger partial charge in [-0.15, -0.1) is 5.10 Å². The number of halogens is 1. The van der Waals surface area contributed by atoms with Gasteiger partial charge in [0, 0.05) is 29.5 Å². The average Bonchev–Trinajstić information content (AvgIpc) is 3.27. The maximum Gasteiger partial charge on any atom is 0.191 e. The van der Waals surface area contributed by atoms with Crippen LogP contribution in [-0.2, 0) is 4.74 Å². The monoisotopic (exact) mass is 534 g/mol. The van der Waals surface area contributed by atoms with E-state index in [0.29, 0.717) is 12.2 Å². The Labute approximate surface area is 234 Å². The van der Waals surface area contributed by atoms with Gasteiger partial charge in [-0.2, -0.15) is 0 Å². The number of ether oxygens (including phenoxy) is 1. The molecule has 2 aliphatic rings. The number of thioether (sulfide) groups is 1. The fourth-order valence-electron chi connectivity index (χ4n) is 3.21. The van der Waals surface area contributed by atoms with Crippen LogP contribution in [0.2, 0.25) is 0 Å². The van der Waals surface area contributed by atoms with Crippen molar-refractivity contribution in [3.63, 3.8) is 0 Å². The predicted molar refractivity (Wildman–Crippen MR) is 133 cm³/mol. The summed E-state index contributed by atoms with van der Waals surface area (Å²) in [5, 5.41) is 41.5. The molecule has 0 unspecified atom stereocenters. The van der Waals surface area contributed by atoms with Crippen LogP contribution >= 0.6 is 11.8 Å². The summed E-state index contributed by atoms with van der Waals surface area (Å²) >= 11 is 0.915. The van der Waals surface area contributed by atoms with Gasteiger partial charge < -0.3 is 25.4 Å². The zero-order chi connectivity index (χ0) is 39.8. The van der Waals surface area contributed by atoms with Crippen LogP contribution in [0.5, 0.6) is 0 Å². The van der Waals surface area contributed by atoms with Crippen molar-refractivity contribution >= 4 is 28.7 Å². The van der Waals surface area contributed by atoms with Gasteiger partial charge in [0.25, 0.3) is 0 Å². The number of aliphatic hydroxyl groups is 3. The standard InChI is InChI=1S/C24H31FN6O4S/c1-3-8-36-24-27-22(26-16-10-14(16)13-5-4-12(2)15(25)9-13)19-23(28-24)31(30-29-19)17-11-18(35-7-6-32)21(34)20(17)33/h4-5,9,14,16-18,20-21,32-34H,3,6-8,10-11H2,1-2H3,(H,26,27,28)/t14-,16+,17+,18-,20-,21+/m0/s1/i4D,5D,6D2,7D2,9D,10D2,11D2,16D,17D,18D,20D,21D. The molecule has 194 valence electrons. The van der Waals surface area contributed by atoms with Gasteiger partial charge in [-0.25, -0.2) is 19.0 Å². The van der Waals surface area contributed by atoms with Gasteiger partial charge in [-0.1, -0.05) is 36.0 Å². The summed E-state index contributed by atoms with van der Waals surface area (Å²) < 4.78 is 152. The number of rotatable bonds is 10. The van der Waals surface area contributed by atoms with Crippen molar-refractivity contribution in [2.75, 3.05) is 24.2 Å². The number of nitrogens with zero attached hydrogens (tertiary/aromatic N) is 5. The molecular weight excluding hydrogens is 487 g/mol. The number of fused-ring (bicyclic) bond motifs is 1. The molecule has 2 fully saturated rings. The molecule has 36 heavy (non-hydrogen) atoms. The first kappa shape index (κ1) is 12.4. The third kappa shape index (κ3) is 4.92. The number of hydrogen-bond donors (Lipinski definition) is 4. The summed E-state index contributed by atoms with van der Waals surface area (Å²) in [5.74, 6) is -3.24. The summed E-state index contributed by atoms with van der Waals surface area (Å²) in [6.45, 7) is -5.21. The molecule has 0 spiro atoms. The summed E-state index contributed by atoms with van der Waals surface area (Å²) in [6, 6.07) is -8.80. The fourth-order valence-corrected chi connectivity index (χ4v) is 3.90. The first-order valence-corrected chi connectivity index (χ1v) is 11.5. The van der Waals surface area contributed by atoms with E-state index in [4.69, 9.17) is 21.9 Å². The molecule has 0 bridgehead atoms. The van der Waals surface area contributed by atoms with E-state index in [1.165, 1.54) is 0 Å². The molecule has 3 aromatic rings. The third-order valence-corrected chi connectivity index (χ3v) is 6.08. The molecule has 2 saturated carbocycles. The van der Waals surface area contributed by atoms with Crippen molar-refractivity contribution in [1.82, 2.24) is 25.0 Å². The number of benzene rings is 1. The minimum Gasteiger partial charge on any atom is -0.394 e. The Hall–Kier alpha value is -2.38. The molecule has 2 aliphatic carbocycles. The fraction of sp³-hybridized carbons (Fsp3) is 0.583. The summed E-state index contributed by atoms with van der Waals surface area (Å²) in [7, 11) is 0. The van der Waals surface area contributed by atoms with E-state index in [1.54, 1.807) is 6.92 Å². The molecular formula is C24H31FN6O4S. The highest BCUT2D eigenvalue weighted by Gasteiger charge is 2.45. The lowest BCUT2D eigenvalue weighted by Gasteiger charge is -2.17. The van der Waals surface area contributed by atoms with E-state index in [1.807, 2.05) is 0 Å². The van der Waals surface area contributed by atoms with E-state index in [-0.39, 0.29) is 15.4 Å². The molecule has 12 heteroatoms. The summed E-state index contributed by atoms with van der Waals surface area (Å²) in [6.07, 6.45) is -19.3. The van der Waals surface area contributed by atoms with Crippen LogP contribution in [0.4, 0.5) is 10.2 Å². The van der Waals surface area contributed by atoms with E-state index < -0.39 is 109 Å². The average molecular weight is 535 g/mol. The smallest absolute Gasteiger partial charge is 0.191 e. The van der Waals surface area contributed by atoms with Crippen LogP contribution in [0, 0.1) is 12.7 Å². The highest BCUT2D eigenvalue weighted by atomic mass is 32.2. The maximum absolute atomic E-state index is 14.9. The lowest BCUT2D eigenvalue weighted by molar-refractivity contribution is -0.0629. The van der Waals surface area contributed by atoms with Gasteiger partial charge in [0.2, 0.25) is 0 Å². The second kappa shape index (κ2) is 10.5. The van der Waals surface area contributed by atoms with Crippen LogP contribution in [-0.4, -0.2) is 83.4 Å². The molecule has 2 aromatic heterocycles. The largest absolute Gasteiger partial charge is 0.394 e. The van der Waals surface area contributed by atoms with E-state index in [2.05, 4.69) is 30.3 Å². The molecule has 6 atom stereocenters. The van der Waals surface area contributed by atoms with Crippen LogP contribution < -0.4 is 5.32 Å². The number of nitrogens with one attached hydrogen (secondary N) is 1. The van der Waals surface area contributed by atoms with Crippen LogP contribution in [0.3, 0.4) is 0 Å². The van der Waals surface area contributed by atoms with Crippen LogP contribution in [0.1, 0.15) is 71.1 Å². The van der Waals surface area contributed by atoms with Crippen molar-refractivity contribution in [1.29, 1.82) is 0 Å². The van der Waals surface area contributed by atoms with E-state index in [9.17, 15) is 19.7 Å². The molecule has 0 aliphatic heterocycles. The molecule has 0 amide bonds. The first-order chi connectivity index (χ1) is 23.4. The van der Waals surface area contributed by atoms with E-state index >= 15 is 0 Å². The second-order valence-corrected chi connectivity index (χ2v) is 8.60. The first-order valence-electron chi connectivity index (χ1n) is 18.5. The highest BCUT2D eigenvalue weighted by molar-refractivity contribution is 7.99. The van der Waals surface area contributed by atoms with Crippen molar-refractivity contribution in [2.45, 2.75) is 74.4 Å². The van der Waals surface area contributed by atoms with Gasteiger partial charge in [0.15, 0.2) is 22.1 Å². The Bertz CT molecular complexity index is 1940. The Morgan fingerprint density at radius 2 is 2.19 bits per heavy atom. The molecule has 0 radical (unpaired) electrons. The quantitative estimate of drug-likeness (QED) is 0.226. The molecule has 2 heterocycles. The van der Waals surface area contributed by atoms with Crippen LogP contribution in [0.25, 0.3) is 11.2 Å². The predicted octanol–water partition coefficient (Wildman–Crippen LogP) is 2.18. The number of anilines is 1. The van der Waals surface area contributed by atoms with Gasteiger partial charge >= 0.3 is 0 Å². The maximum atomic E-state index is 14.9. The zero-order valence-electron chi connectivity index (χ0n) is 34.8. The van der Waals surface area contributed by atoms with Gasteiger partial charge in [0.1, 0.15) is 18.0 Å². The van der Waals surface area contributed by atoms with Crippen LogP contribution in [0.15, 0.2) is 23.3 Å². The minimum atomic E-state index is -4.37. The Kier molecular flexibility index (Phi) is 3.64. The molecule has 4 N–H and O–H groups in total. The lowest BCUT2D eigenvalue weighted by atomic mass is 10.1. The topological polar surface area (TPSA) is 138 Å². The van der Waals surface area contributed by atoms with Gasteiger partial charge in [0.05, 0.1) is 41.7 Å². The number of hydrogen-bond acceptors (Lipinski definition) is 10.